The zero-order valence-corrected chi connectivity index (χ0v) is 15.3. The highest BCUT2D eigenvalue weighted by Gasteiger charge is 2.34. The van der Waals surface area contributed by atoms with Gasteiger partial charge in [0, 0.05) is 17.8 Å². The zero-order valence-electron chi connectivity index (χ0n) is 15.3. The van der Waals surface area contributed by atoms with E-state index in [1.54, 1.807) is 0 Å². The lowest BCUT2D eigenvalue weighted by atomic mass is 9.77. The molecule has 27 heavy (non-hydrogen) atoms. The molecule has 0 atom stereocenters. The number of rotatable bonds is 7. The fraction of sp³-hybridized carbons (Fsp3) is 0.421. The smallest absolute Gasteiger partial charge is 0.253 e. The summed E-state index contributed by atoms with van der Waals surface area (Å²) in [5.74, 6) is -1.20. The Morgan fingerprint density at radius 3 is 2.52 bits per heavy atom. The van der Waals surface area contributed by atoms with Gasteiger partial charge < -0.3 is 22.1 Å². The van der Waals surface area contributed by atoms with Crippen LogP contribution < -0.4 is 22.1 Å². The number of carbonyl (C=O) groups excluding carboxylic acids is 1. The summed E-state index contributed by atoms with van der Waals surface area (Å²) in [6.07, 6.45) is 5.16. The highest BCUT2D eigenvalue weighted by atomic mass is 19.1. The summed E-state index contributed by atoms with van der Waals surface area (Å²) >= 11 is 0. The number of halogens is 1. The first kappa shape index (κ1) is 20.4. The van der Waals surface area contributed by atoms with Crippen molar-refractivity contribution in [2.24, 2.45) is 16.5 Å². The average molecular weight is 372 g/mol. The Labute approximate surface area is 158 Å². The number of nitrogens with one attached hydrogen (secondary N) is 2. The van der Waals surface area contributed by atoms with Gasteiger partial charge in [0.1, 0.15) is 11.7 Å². The topological polar surface area (TPSA) is 129 Å². The fourth-order valence-electron chi connectivity index (χ4n) is 3.19. The number of aliphatic imine (C=N–C) groups is 1. The van der Waals surface area contributed by atoms with Gasteiger partial charge in [0.05, 0.1) is 23.8 Å². The van der Waals surface area contributed by atoms with E-state index in [2.05, 4.69) is 21.7 Å². The molecule has 144 valence electrons. The van der Waals surface area contributed by atoms with E-state index in [1.165, 1.54) is 30.5 Å². The molecule has 0 aromatic heterocycles. The van der Waals surface area contributed by atoms with E-state index >= 15 is 0 Å². The number of hydrogen-bond acceptors (Lipinski definition) is 5. The number of carbonyl (C=O) groups is 1. The maximum Gasteiger partial charge on any atom is 0.253 e. The summed E-state index contributed by atoms with van der Waals surface area (Å²) in [5.41, 5.74) is 11.4. The van der Waals surface area contributed by atoms with E-state index in [4.69, 9.17) is 11.5 Å². The van der Waals surface area contributed by atoms with Gasteiger partial charge in [-0.3, -0.25) is 4.79 Å². The van der Waals surface area contributed by atoms with Crippen LogP contribution in [0.5, 0.6) is 0 Å². The second-order valence-corrected chi connectivity index (χ2v) is 6.72. The van der Waals surface area contributed by atoms with Crippen LogP contribution in [0.2, 0.25) is 0 Å². The molecule has 1 saturated carbocycles. The molecule has 0 spiro atoms. The summed E-state index contributed by atoms with van der Waals surface area (Å²) < 4.78 is 13.0. The third kappa shape index (κ3) is 5.53. The first-order chi connectivity index (χ1) is 12.9. The van der Waals surface area contributed by atoms with E-state index in [-0.39, 0.29) is 11.4 Å². The summed E-state index contributed by atoms with van der Waals surface area (Å²) in [6.45, 7) is 0. The largest absolute Gasteiger partial charge is 0.384 e. The van der Waals surface area contributed by atoms with Gasteiger partial charge in [-0.25, -0.2) is 9.38 Å². The number of primary amides is 1. The van der Waals surface area contributed by atoms with Gasteiger partial charge in [0.2, 0.25) is 0 Å². The van der Waals surface area contributed by atoms with Crippen molar-refractivity contribution in [3.8, 4) is 6.07 Å². The number of nitriles is 1. The summed E-state index contributed by atoms with van der Waals surface area (Å²) in [7, 11) is 1.92. The number of amidine groups is 1. The molecule has 0 unspecified atom stereocenters. The predicted molar refractivity (Wildman–Crippen MR) is 102 cm³/mol. The molecule has 1 aliphatic rings. The summed E-state index contributed by atoms with van der Waals surface area (Å²) in [4.78, 5) is 16.0. The number of nitrogens with two attached hydrogens (primary N) is 2. The Balaban J connectivity index is 2.21. The van der Waals surface area contributed by atoms with Crippen molar-refractivity contribution in [3.05, 3.63) is 41.9 Å². The fourth-order valence-corrected chi connectivity index (χ4v) is 3.19. The lowest BCUT2D eigenvalue weighted by Crippen LogP contribution is -2.48. The third-order valence-electron chi connectivity index (χ3n) is 4.91. The standard InChI is InChI=1S/C19H25FN6O/c1-24-14-6-8-19(9-7-14,10-11-21)25-12-16(18(23)27)17(22)26-15-4-2-13(20)3-5-15/h2-5,12,14,24-25H,6-10H2,1H3,(H2,22,26)(H2,23,27)/b16-12+. The molecule has 1 aromatic carbocycles. The third-order valence-corrected chi connectivity index (χ3v) is 4.91. The van der Waals surface area contributed by atoms with E-state index in [0.29, 0.717) is 18.2 Å². The average Bonchev–Trinajstić information content (AvgIpc) is 2.64. The van der Waals surface area contributed by atoms with Crippen molar-refractivity contribution < 1.29 is 9.18 Å². The molecule has 1 fully saturated rings. The SMILES string of the molecule is CNC1CCC(CC#N)(N/C=C(/C(N)=O)C(N)=Nc2ccc(F)cc2)CC1. The van der Waals surface area contributed by atoms with Crippen LogP contribution in [-0.4, -0.2) is 30.4 Å². The molecule has 0 radical (unpaired) electrons. The number of amides is 1. The Morgan fingerprint density at radius 1 is 1.37 bits per heavy atom. The van der Waals surface area contributed by atoms with Crippen LogP contribution in [0.25, 0.3) is 0 Å². The predicted octanol–water partition coefficient (Wildman–Crippen LogP) is 1.59. The van der Waals surface area contributed by atoms with Gasteiger partial charge in [0.15, 0.2) is 0 Å². The van der Waals surface area contributed by atoms with Crippen molar-refractivity contribution in [1.29, 1.82) is 5.26 Å². The lowest BCUT2D eigenvalue weighted by Gasteiger charge is -2.39. The highest BCUT2D eigenvalue weighted by molar-refractivity contribution is 6.20. The second-order valence-electron chi connectivity index (χ2n) is 6.72. The van der Waals surface area contributed by atoms with E-state index < -0.39 is 17.3 Å². The first-order valence-electron chi connectivity index (χ1n) is 8.81. The van der Waals surface area contributed by atoms with Gasteiger partial charge in [0.25, 0.3) is 5.91 Å². The second kappa shape index (κ2) is 9.14. The van der Waals surface area contributed by atoms with Gasteiger partial charge in [-0.05, 0) is 57.0 Å². The van der Waals surface area contributed by atoms with Crippen molar-refractivity contribution in [3.63, 3.8) is 0 Å². The van der Waals surface area contributed by atoms with E-state index in [9.17, 15) is 14.4 Å². The van der Waals surface area contributed by atoms with Gasteiger partial charge in [-0.2, -0.15) is 5.26 Å². The van der Waals surface area contributed by atoms with Gasteiger partial charge in [-0.1, -0.05) is 0 Å². The number of nitrogens with zero attached hydrogens (tertiary/aromatic N) is 2. The van der Waals surface area contributed by atoms with Gasteiger partial charge in [-0.15, -0.1) is 0 Å². The molecular formula is C19H25FN6O. The van der Waals surface area contributed by atoms with Crippen LogP contribution in [-0.2, 0) is 4.79 Å². The Hall–Kier alpha value is -2.92. The van der Waals surface area contributed by atoms with Crippen LogP contribution >= 0.6 is 0 Å². The number of hydrogen-bond donors (Lipinski definition) is 4. The van der Waals surface area contributed by atoms with Crippen LogP contribution in [0.15, 0.2) is 41.0 Å². The lowest BCUT2D eigenvalue weighted by molar-refractivity contribution is -0.114. The Kier molecular flexibility index (Phi) is 6.91. The molecule has 0 heterocycles. The minimum atomic E-state index is -0.734. The maximum atomic E-state index is 13.0. The molecule has 1 aliphatic carbocycles. The monoisotopic (exact) mass is 372 g/mol. The molecule has 2 rings (SSSR count). The Morgan fingerprint density at radius 2 is 2.00 bits per heavy atom. The number of benzene rings is 1. The molecule has 0 aliphatic heterocycles. The van der Waals surface area contributed by atoms with Crippen molar-refractivity contribution in [2.75, 3.05) is 7.05 Å². The maximum absolute atomic E-state index is 13.0. The van der Waals surface area contributed by atoms with Gasteiger partial charge >= 0.3 is 0 Å². The molecule has 1 amide bonds. The van der Waals surface area contributed by atoms with Crippen LogP contribution in [0.4, 0.5) is 10.1 Å². The van der Waals surface area contributed by atoms with E-state index in [0.717, 1.165) is 25.7 Å². The molecule has 0 saturated heterocycles. The summed E-state index contributed by atoms with van der Waals surface area (Å²) in [5, 5.41) is 15.7. The van der Waals surface area contributed by atoms with E-state index in [1.807, 2.05) is 7.05 Å². The van der Waals surface area contributed by atoms with Crippen molar-refractivity contribution in [1.82, 2.24) is 10.6 Å². The quantitative estimate of drug-likeness (QED) is 0.328. The highest BCUT2D eigenvalue weighted by Crippen LogP contribution is 2.31. The first-order valence-corrected chi connectivity index (χ1v) is 8.81. The molecule has 0 bridgehead atoms. The normalized spacial score (nSPS) is 23.5. The molecule has 6 N–H and O–H groups in total. The van der Waals surface area contributed by atoms with Crippen LogP contribution in [0, 0.1) is 17.1 Å². The van der Waals surface area contributed by atoms with Crippen LogP contribution in [0.1, 0.15) is 32.1 Å². The minimum Gasteiger partial charge on any atom is -0.384 e. The van der Waals surface area contributed by atoms with Crippen LogP contribution in [0.3, 0.4) is 0 Å². The molecule has 1 aromatic rings. The minimum absolute atomic E-state index is 0.0207. The Bertz CT molecular complexity index is 757. The molecular weight excluding hydrogens is 347 g/mol. The van der Waals surface area contributed by atoms with Crippen molar-refractivity contribution >= 4 is 17.4 Å². The molecule has 7 nitrogen and oxygen atoms in total. The summed E-state index contributed by atoms with van der Waals surface area (Å²) in [6, 6.07) is 8.03. The zero-order chi connectivity index (χ0) is 19.9. The molecule has 8 heteroatoms. The van der Waals surface area contributed by atoms with Crippen molar-refractivity contribution in [2.45, 2.75) is 43.7 Å².